The fourth-order valence-corrected chi connectivity index (χ4v) is 3.38. The van der Waals surface area contributed by atoms with Crippen molar-refractivity contribution in [2.45, 2.75) is 0 Å². The lowest BCUT2D eigenvalue weighted by molar-refractivity contribution is 0.0955. The maximum Gasteiger partial charge on any atom is 0.251 e. The number of hydrogen-bond acceptors (Lipinski definition) is 4. The second kappa shape index (κ2) is 8.01. The van der Waals surface area contributed by atoms with Gasteiger partial charge < -0.3 is 5.32 Å². The van der Waals surface area contributed by atoms with Gasteiger partial charge in [0.15, 0.2) is 0 Å². The van der Waals surface area contributed by atoms with Crippen molar-refractivity contribution in [2.75, 3.05) is 23.7 Å². The number of anilines is 1. The Morgan fingerprint density at radius 2 is 1.96 bits per heavy atom. The molecule has 2 aromatic rings. The average molecular weight is 378 g/mol. The minimum absolute atomic E-state index is 0.00380. The maximum absolute atomic E-state index is 12.1. The molecule has 0 saturated heterocycles. The Balaban J connectivity index is 2.12. The van der Waals surface area contributed by atoms with Gasteiger partial charge in [0.05, 0.1) is 24.1 Å². The van der Waals surface area contributed by atoms with Gasteiger partial charge in [0.2, 0.25) is 10.0 Å². The number of sulfonamides is 1. The number of carbonyl (C=O) groups is 1. The smallest absolute Gasteiger partial charge is 0.251 e. The summed E-state index contributed by atoms with van der Waals surface area (Å²) in [5.74, 6) is -0.357. The first-order valence-corrected chi connectivity index (χ1v) is 9.56. The van der Waals surface area contributed by atoms with E-state index in [2.05, 4.69) is 5.32 Å². The predicted molar refractivity (Wildman–Crippen MR) is 97.1 cm³/mol. The number of hydrogen-bond donors (Lipinski definition) is 1. The van der Waals surface area contributed by atoms with Crippen molar-refractivity contribution in [1.82, 2.24) is 5.32 Å². The van der Waals surface area contributed by atoms with Gasteiger partial charge in [-0.2, -0.15) is 5.26 Å². The third-order valence-corrected chi connectivity index (χ3v) is 4.80. The van der Waals surface area contributed by atoms with Gasteiger partial charge in [-0.1, -0.05) is 29.8 Å². The number of nitriles is 1. The molecule has 2 rings (SSSR count). The summed E-state index contributed by atoms with van der Waals surface area (Å²) in [6, 6.07) is 14.8. The van der Waals surface area contributed by atoms with Gasteiger partial charge >= 0.3 is 0 Å². The monoisotopic (exact) mass is 377 g/mol. The Bertz CT molecular complexity index is 923. The average Bonchev–Trinajstić information content (AvgIpc) is 2.57. The molecule has 0 aliphatic carbocycles. The van der Waals surface area contributed by atoms with Crippen LogP contribution in [0, 0.1) is 11.3 Å². The molecule has 0 radical (unpaired) electrons. The van der Waals surface area contributed by atoms with E-state index < -0.39 is 10.0 Å². The summed E-state index contributed by atoms with van der Waals surface area (Å²) in [7, 11) is -3.61. The van der Waals surface area contributed by atoms with Crippen molar-refractivity contribution in [3.63, 3.8) is 0 Å². The van der Waals surface area contributed by atoms with E-state index in [0.717, 1.165) is 10.6 Å². The van der Waals surface area contributed by atoms with Crippen LogP contribution in [0.5, 0.6) is 0 Å². The van der Waals surface area contributed by atoms with Crippen LogP contribution in [0.4, 0.5) is 5.69 Å². The Hall–Kier alpha value is -2.56. The summed E-state index contributed by atoms with van der Waals surface area (Å²) < 4.78 is 25.3. The summed E-state index contributed by atoms with van der Waals surface area (Å²) in [4.78, 5) is 12.1. The van der Waals surface area contributed by atoms with Crippen LogP contribution in [-0.2, 0) is 10.0 Å². The second-order valence-electron chi connectivity index (χ2n) is 5.23. The van der Waals surface area contributed by atoms with E-state index in [0.29, 0.717) is 10.6 Å². The van der Waals surface area contributed by atoms with Crippen LogP contribution in [-0.4, -0.2) is 33.7 Å². The van der Waals surface area contributed by atoms with E-state index >= 15 is 0 Å². The zero-order valence-electron chi connectivity index (χ0n) is 13.4. The number of carbonyl (C=O) groups excluding carboxylic acids is 1. The lowest BCUT2D eigenvalue weighted by Crippen LogP contribution is -2.38. The number of nitrogens with zero attached hydrogens (tertiary/aromatic N) is 2. The maximum atomic E-state index is 12.1. The van der Waals surface area contributed by atoms with Crippen LogP contribution in [0.1, 0.15) is 15.9 Å². The first-order valence-electron chi connectivity index (χ1n) is 7.33. The third kappa shape index (κ3) is 4.95. The highest BCUT2D eigenvalue weighted by Crippen LogP contribution is 2.21. The summed E-state index contributed by atoms with van der Waals surface area (Å²) in [6.07, 6.45) is 1.06. The van der Waals surface area contributed by atoms with Crippen LogP contribution in [0.2, 0.25) is 5.02 Å². The van der Waals surface area contributed by atoms with Crippen LogP contribution in [0.25, 0.3) is 0 Å². The molecular formula is C17H16ClN3O3S. The van der Waals surface area contributed by atoms with E-state index in [1.54, 1.807) is 36.4 Å². The van der Waals surface area contributed by atoms with Crippen molar-refractivity contribution in [3.8, 4) is 6.07 Å². The zero-order valence-corrected chi connectivity index (χ0v) is 15.0. The molecule has 6 nitrogen and oxygen atoms in total. The van der Waals surface area contributed by atoms with Gasteiger partial charge in [-0.25, -0.2) is 8.42 Å². The normalized spacial score (nSPS) is 10.8. The minimum atomic E-state index is -3.61. The minimum Gasteiger partial charge on any atom is -0.350 e. The Morgan fingerprint density at radius 3 is 2.60 bits per heavy atom. The van der Waals surface area contributed by atoms with E-state index in [1.807, 2.05) is 6.07 Å². The van der Waals surface area contributed by atoms with Crippen LogP contribution in [0.15, 0.2) is 48.5 Å². The molecule has 0 unspecified atom stereocenters. The van der Waals surface area contributed by atoms with Crippen LogP contribution < -0.4 is 9.62 Å². The molecule has 0 aliphatic heterocycles. The first-order chi connectivity index (χ1) is 11.8. The van der Waals surface area contributed by atoms with E-state index in [9.17, 15) is 13.2 Å². The van der Waals surface area contributed by atoms with Crippen molar-refractivity contribution in [3.05, 3.63) is 64.7 Å². The molecular weight excluding hydrogens is 362 g/mol. The van der Waals surface area contributed by atoms with E-state index in [-0.39, 0.29) is 30.2 Å². The number of halogens is 1. The molecule has 0 atom stereocenters. The zero-order chi connectivity index (χ0) is 18.4. The molecule has 0 saturated carbocycles. The van der Waals surface area contributed by atoms with E-state index in [4.69, 9.17) is 16.9 Å². The number of amides is 1. The van der Waals surface area contributed by atoms with Gasteiger partial charge in [0.1, 0.15) is 6.07 Å². The fraction of sp³-hybridized carbons (Fsp3) is 0.176. The van der Waals surface area contributed by atoms with Crippen molar-refractivity contribution in [1.29, 1.82) is 5.26 Å². The Kier molecular flexibility index (Phi) is 6.02. The standard InChI is InChI=1S/C17H16ClN3O3S/c1-25(23,24)21(16-8-3-2-5-14(16)12-19)10-9-20-17(22)13-6-4-7-15(18)11-13/h2-8,11H,9-10H2,1H3,(H,20,22). The third-order valence-electron chi connectivity index (χ3n) is 3.38. The Morgan fingerprint density at radius 1 is 1.24 bits per heavy atom. The highest BCUT2D eigenvalue weighted by molar-refractivity contribution is 7.92. The molecule has 25 heavy (non-hydrogen) atoms. The highest BCUT2D eigenvalue weighted by atomic mass is 35.5. The molecule has 0 spiro atoms. The largest absolute Gasteiger partial charge is 0.350 e. The van der Waals surface area contributed by atoms with Crippen LogP contribution in [0.3, 0.4) is 0 Å². The van der Waals surface area contributed by atoms with Gasteiger partial charge in [-0.3, -0.25) is 9.10 Å². The van der Waals surface area contributed by atoms with E-state index in [1.165, 1.54) is 12.1 Å². The molecule has 0 heterocycles. The molecule has 0 aliphatic rings. The quantitative estimate of drug-likeness (QED) is 0.836. The second-order valence-corrected chi connectivity index (χ2v) is 7.57. The van der Waals surface area contributed by atoms with Crippen molar-refractivity contribution >= 4 is 33.2 Å². The molecule has 8 heteroatoms. The van der Waals surface area contributed by atoms with Gasteiger partial charge in [-0.15, -0.1) is 0 Å². The van der Waals surface area contributed by atoms with Crippen LogP contribution >= 0.6 is 11.6 Å². The number of para-hydroxylation sites is 1. The number of benzene rings is 2. The summed E-state index contributed by atoms with van der Waals surface area (Å²) in [5.41, 5.74) is 0.912. The molecule has 130 valence electrons. The topological polar surface area (TPSA) is 90.3 Å². The molecule has 0 fully saturated rings. The lowest BCUT2D eigenvalue weighted by Gasteiger charge is -2.23. The lowest BCUT2D eigenvalue weighted by atomic mass is 10.2. The Labute approximate surface area is 151 Å². The SMILES string of the molecule is CS(=O)(=O)N(CCNC(=O)c1cccc(Cl)c1)c1ccccc1C#N. The molecule has 1 amide bonds. The number of nitrogens with one attached hydrogen (secondary N) is 1. The molecule has 0 aromatic heterocycles. The molecule has 2 aromatic carbocycles. The summed E-state index contributed by atoms with van der Waals surface area (Å²) in [5, 5.41) is 12.3. The first kappa shape index (κ1) is 18.8. The fourth-order valence-electron chi connectivity index (χ4n) is 2.25. The van der Waals surface area contributed by atoms with Gasteiger partial charge in [-0.05, 0) is 30.3 Å². The molecule has 1 N–H and O–H groups in total. The molecule has 0 bridgehead atoms. The van der Waals surface area contributed by atoms with Crippen molar-refractivity contribution in [2.24, 2.45) is 0 Å². The van der Waals surface area contributed by atoms with Crippen molar-refractivity contribution < 1.29 is 13.2 Å². The predicted octanol–water partition coefficient (Wildman–Crippen LogP) is 2.41. The van der Waals surface area contributed by atoms with Gasteiger partial charge in [0.25, 0.3) is 5.91 Å². The summed E-state index contributed by atoms with van der Waals surface area (Å²) >= 11 is 5.85. The highest BCUT2D eigenvalue weighted by Gasteiger charge is 2.20. The number of rotatable bonds is 6. The van der Waals surface area contributed by atoms with Gasteiger partial charge in [0, 0.05) is 17.1 Å². The summed E-state index contributed by atoms with van der Waals surface area (Å²) in [6.45, 7) is 0.0853.